The highest BCUT2D eigenvalue weighted by molar-refractivity contribution is 7.90. The van der Waals surface area contributed by atoms with Crippen molar-refractivity contribution < 1.29 is 17.2 Å². The molecule has 0 radical (unpaired) electrons. The van der Waals surface area contributed by atoms with Gasteiger partial charge >= 0.3 is 0 Å². The first-order chi connectivity index (χ1) is 14.8. The zero-order chi connectivity index (χ0) is 23.8. The predicted octanol–water partition coefficient (Wildman–Crippen LogP) is 4.44. The van der Waals surface area contributed by atoms with Crippen molar-refractivity contribution in [1.29, 1.82) is 5.26 Å². The van der Waals surface area contributed by atoms with Crippen molar-refractivity contribution >= 4 is 28.8 Å². The lowest BCUT2D eigenvalue weighted by molar-refractivity contribution is 0.585. The lowest BCUT2D eigenvalue weighted by Crippen LogP contribution is -2.17. The molecule has 0 unspecified atom stereocenters. The standard InChI is InChI=1S/C23H20F2N2O3SSi/c1-31(29,30)21-8-7-14(13-26)10-16(21)18-12-20(28)22-19(27-18)11-17(24)15(23(22)25)6-5-9-32(2,3)4/h7-8,10-12H,9H2,1-4H3,(H,27,28). The van der Waals surface area contributed by atoms with Gasteiger partial charge in [0, 0.05) is 23.9 Å². The van der Waals surface area contributed by atoms with Crippen LogP contribution >= 0.6 is 0 Å². The van der Waals surface area contributed by atoms with Crippen molar-refractivity contribution in [3.05, 3.63) is 63.3 Å². The van der Waals surface area contributed by atoms with E-state index >= 15 is 4.39 Å². The second-order valence-corrected chi connectivity index (χ2v) is 16.1. The summed E-state index contributed by atoms with van der Waals surface area (Å²) in [7, 11) is -5.26. The minimum Gasteiger partial charge on any atom is -0.354 e. The number of sulfone groups is 1. The molecule has 0 bridgehead atoms. The maximum absolute atomic E-state index is 15.0. The summed E-state index contributed by atoms with van der Waals surface area (Å²) >= 11 is 0. The molecular weight excluding hydrogens is 450 g/mol. The minimum atomic E-state index is -3.71. The molecule has 164 valence electrons. The fourth-order valence-electron chi connectivity index (χ4n) is 3.13. The third kappa shape index (κ3) is 4.80. The molecule has 0 saturated heterocycles. The van der Waals surface area contributed by atoms with Crippen LogP contribution in [0.5, 0.6) is 0 Å². The number of aromatic nitrogens is 1. The maximum atomic E-state index is 15.0. The summed E-state index contributed by atoms with van der Waals surface area (Å²) in [6.45, 7) is 6.23. The Labute approximate surface area is 185 Å². The summed E-state index contributed by atoms with van der Waals surface area (Å²) in [5, 5.41) is 8.80. The van der Waals surface area contributed by atoms with Gasteiger partial charge in [-0.2, -0.15) is 5.26 Å². The average Bonchev–Trinajstić information content (AvgIpc) is 2.67. The minimum absolute atomic E-state index is 0.0244. The van der Waals surface area contributed by atoms with Crippen molar-refractivity contribution in [2.45, 2.75) is 30.6 Å². The summed E-state index contributed by atoms with van der Waals surface area (Å²) in [6.07, 6.45) is 0.988. The molecule has 5 nitrogen and oxygen atoms in total. The van der Waals surface area contributed by atoms with Crippen LogP contribution in [0.25, 0.3) is 22.2 Å². The molecule has 0 aliphatic carbocycles. The number of aromatic amines is 1. The molecule has 3 aromatic rings. The fraction of sp³-hybridized carbons (Fsp3) is 0.217. The first-order valence-electron chi connectivity index (χ1n) is 9.60. The molecule has 0 atom stereocenters. The van der Waals surface area contributed by atoms with Gasteiger partial charge in [0.25, 0.3) is 0 Å². The third-order valence-corrected chi connectivity index (χ3v) is 7.03. The zero-order valence-corrected chi connectivity index (χ0v) is 19.7. The molecule has 0 fully saturated rings. The van der Waals surface area contributed by atoms with Crippen molar-refractivity contribution in [3.63, 3.8) is 0 Å². The van der Waals surface area contributed by atoms with Crippen LogP contribution in [-0.4, -0.2) is 27.7 Å². The Morgan fingerprint density at radius 3 is 2.41 bits per heavy atom. The normalized spacial score (nSPS) is 11.7. The number of nitrogens with one attached hydrogen (secondary N) is 1. The van der Waals surface area contributed by atoms with Crippen molar-refractivity contribution in [2.24, 2.45) is 0 Å². The molecule has 32 heavy (non-hydrogen) atoms. The zero-order valence-electron chi connectivity index (χ0n) is 17.9. The van der Waals surface area contributed by atoms with Gasteiger partial charge in [0.1, 0.15) is 5.82 Å². The van der Waals surface area contributed by atoms with E-state index in [4.69, 9.17) is 0 Å². The van der Waals surface area contributed by atoms with E-state index in [0.29, 0.717) is 6.04 Å². The Balaban J connectivity index is 2.27. The van der Waals surface area contributed by atoms with Crippen molar-refractivity contribution in [2.75, 3.05) is 6.26 Å². The second kappa shape index (κ2) is 8.34. The van der Waals surface area contributed by atoms with E-state index in [-0.39, 0.29) is 32.6 Å². The molecule has 1 heterocycles. The quantitative estimate of drug-likeness (QED) is 0.453. The molecule has 3 rings (SSSR count). The van der Waals surface area contributed by atoms with Crippen molar-refractivity contribution in [3.8, 4) is 29.2 Å². The van der Waals surface area contributed by atoms with E-state index in [1.165, 1.54) is 18.2 Å². The molecule has 1 aromatic heterocycles. The number of hydrogen-bond donors (Lipinski definition) is 1. The highest BCUT2D eigenvalue weighted by Crippen LogP contribution is 2.29. The third-order valence-electron chi connectivity index (χ3n) is 4.64. The summed E-state index contributed by atoms with van der Waals surface area (Å²) < 4.78 is 54.1. The molecule has 0 spiro atoms. The summed E-state index contributed by atoms with van der Waals surface area (Å²) in [5.41, 5.74) is -1.13. The van der Waals surface area contributed by atoms with E-state index in [9.17, 15) is 22.9 Å². The van der Waals surface area contributed by atoms with Gasteiger partial charge in [-0.25, -0.2) is 17.2 Å². The molecule has 0 saturated carbocycles. The maximum Gasteiger partial charge on any atom is 0.193 e. The van der Waals surface area contributed by atoms with Crippen LogP contribution in [0.1, 0.15) is 11.1 Å². The summed E-state index contributed by atoms with van der Waals surface area (Å²) in [6, 6.07) is 8.35. The van der Waals surface area contributed by atoms with Crippen LogP contribution in [0.3, 0.4) is 0 Å². The monoisotopic (exact) mass is 470 g/mol. The fourth-order valence-corrected chi connectivity index (χ4v) is 4.64. The van der Waals surface area contributed by atoms with Gasteiger partial charge in [0.2, 0.25) is 0 Å². The van der Waals surface area contributed by atoms with Gasteiger partial charge in [0.15, 0.2) is 21.1 Å². The van der Waals surface area contributed by atoms with Crippen molar-refractivity contribution in [1.82, 2.24) is 4.98 Å². The number of hydrogen-bond acceptors (Lipinski definition) is 4. The van der Waals surface area contributed by atoms with E-state index in [1.54, 1.807) is 0 Å². The number of nitrogens with zero attached hydrogens (tertiary/aromatic N) is 1. The van der Waals surface area contributed by atoms with Gasteiger partial charge < -0.3 is 4.98 Å². The largest absolute Gasteiger partial charge is 0.354 e. The molecule has 0 amide bonds. The number of halogens is 2. The van der Waals surface area contributed by atoms with Crippen LogP contribution in [-0.2, 0) is 9.84 Å². The Hall–Kier alpha value is -3.27. The van der Waals surface area contributed by atoms with E-state index in [1.807, 2.05) is 6.07 Å². The van der Waals surface area contributed by atoms with Gasteiger partial charge in [-0.15, -0.1) is 5.92 Å². The Morgan fingerprint density at radius 2 is 1.81 bits per heavy atom. The highest BCUT2D eigenvalue weighted by Gasteiger charge is 2.20. The SMILES string of the molecule is C[Si](C)(C)CC#Cc1c(F)cc2[nH]c(-c3cc(C#N)ccc3S(C)(=O)=O)cc(=O)c2c1F. The summed E-state index contributed by atoms with van der Waals surface area (Å²) in [5.74, 6) is 3.32. The number of pyridine rings is 1. The Kier molecular flexibility index (Phi) is 6.10. The van der Waals surface area contributed by atoms with Crippen LogP contribution < -0.4 is 5.43 Å². The molecule has 9 heteroatoms. The van der Waals surface area contributed by atoms with Crippen LogP contribution in [0, 0.1) is 34.8 Å². The number of benzene rings is 2. The Morgan fingerprint density at radius 1 is 1.12 bits per heavy atom. The molecular formula is C23H20F2N2O3SSi. The first kappa shape index (κ1) is 23.4. The number of H-pyrrole nitrogens is 1. The lowest BCUT2D eigenvalue weighted by Gasteiger charge is -2.11. The molecule has 0 aliphatic heterocycles. The van der Waals surface area contributed by atoms with Gasteiger partial charge in [-0.1, -0.05) is 25.6 Å². The smallest absolute Gasteiger partial charge is 0.193 e. The van der Waals surface area contributed by atoms with Gasteiger partial charge in [-0.3, -0.25) is 4.79 Å². The number of fused-ring (bicyclic) bond motifs is 1. The van der Waals surface area contributed by atoms with Crippen LogP contribution in [0.2, 0.25) is 25.7 Å². The number of nitriles is 1. The van der Waals surface area contributed by atoms with E-state index < -0.39 is 40.5 Å². The Bertz CT molecular complexity index is 1520. The average molecular weight is 471 g/mol. The van der Waals surface area contributed by atoms with E-state index in [0.717, 1.165) is 18.4 Å². The second-order valence-electron chi connectivity index (χ2n) is 8.65. The summed E-state index contributed by atoms with van der Waals surface area (Å²) in [4.78, 5) is 15.4. The molecule has 2 aromatic carbocycles. The van der Waals surface area contributed by atoms with Crippen LogP contribution in [0.4, 0.5) is 8.78 Å². The van der Waals surface area contributed by atoms with Crippen LogP contribution in [0.15, 0.2) is 40.0 Å². The van der Waals surface area contributed by atoms with E-state index in [2.05, 4.69) is 36.5 Å². The van der Waals surface area contributed by atoms with Gasteiger partial charge in [-0.05, 0) is 24.3 Å². The predicted molar refractivity (Wildman–Crippen MR) is 123 cm³/mol. The lowest BCUT2D eigenvalue weighted by atomic mass is 10.0. The first-order valence-corrected chi connectivity index (χ1v) is 15.2. The topological polar surface area (TPSA) is 90.8 Å². The highest BCUT2D eigenvalue weighted by atomic mass is 32.2. The molecule has 0 aliphatic rings. The van der Waals surface area contributed by atoms with Gasteiger partial charge in [0.05, 0.1) is 46.8 Å². The number of rotatable bonds is 3. The molecule has 1 N–H and O–H groups in total.